The number of anilines is 1. The maximum Gasteiger partial charge on any atom is 0.251 e. The lowest BCUT2D eigenvalue weighted by Crippen LogP contribution is -2.28. The van der Waals surface area contributed by atoms with Gasteiger partial charge in [-0.3, -0.25) is 4.79 Å². The summed E-state index contributed by atoms with van der Waals surface area (Å²) in [5, 5.41) is 2.70. The van der Waals surface area contributed by atoms with Gasteiger partial charge in [0.25, 0.3) is 5.91 Å². The molecule has 1 aromatic carbocycles. The first-order valence-electron chi connectivity index (χ1n) is 6.10. The number of benzene rings is 1. The summed E-state index contributed by atoms with van der Waals surface area (Å²) in [7, 11) is 0. The average molecular weight is 254 g/mol. The summed E-state index contributed by atoms with van der Waals surface area (Å²) in [5.41, 5.74) is 4.56. The standard InChI is InChI=1S/C13H16F2N2O/c14-10-5-9(6-11(15)12(10)16)13(18)17-7-8-3-1-2-4-8/h5-6,8H,1-4,7,16H2,(H,17,18). The van der Waals surface area contributed by atoms with Crippen LogP contribution in [0.2, 0.25) is 0 Å². The summed E-state index contributed by atoms with van der Waals surface area (Å²) in [6, 6.07) is 1.92. The first kappa shape index (κ1) is 12.8. The number of nitrogen functional groups attached to an aromatic ring is 1. The minimum atomic E-state index is -0.902. The van der Waals surface area contributed by atoms with Crippen molar-refractivity contribution < 1.29 is 13.6 Å². The molecule has 5 heteroatoms. The zero-order valence-corrected chi connectivity index (χ0v) is 10.0. The zero-order valence-electron chi connectivity index (χ0n) is 10.0. The lowest BCUT2D eigenvalue weighted by molar-refractivity contribution is 0.0946. The molecule has 0 aliphatic heterocycles. The fraction of sp³-hybridized carbons (Fsp3) is 0.462. The Labute approximate surface area is 104 Å². The van der Waals surface area contributed by atoms with Gasteiger partial charge in [0.1, 0.15) is 17.3 Å². The van der Waals surface area contributed by atoms with E-state index in [1.54, 1.807) is 0 Å². The first-order valence-corrected chi connectivity index (χ1v) is 6.10. The van der Waals surface area contributed by atoms with Crippen LogP contribution in [0.4, 0.5) is 14.5 Å². The normalized spacial score (nSPS) is 15.9. The number of carbonyl (C=O) groups is 1. The van der Waals surface area contributed by atoms with Gasteiger partial charge in [-0.15, -0.1) is 0 Å². The highest BCUT2D eigenvalue weighted by Gasteiger charge is 2.17. The Bertz CT molecular complexity index is 433. The Morgan fingerprint density at radius 1 is 1.28 bits per heavy atom. The molecule has 1 amide bonds. The van der Waals surface area contributed by atoms with Crippen LogP contribution in [-0.4, -0.2) is 12.5 Å². The molecular weight excluding hydrogens is 238 g/mol. The van der Waals surface area contributed by atoms with Crippen LogP contribution >= 0.6 is 0 Å². The monoisotopic (exact) mass is 254 g/mol. The average Bonchev–Trinajstić information content (AvgIpc) is 2.85. The molecule has 0 unspecified atom stereocenters. The molecule has 1 fully saturated rings. The van der Waals surface area contributed by atoms with E-state index in [2.05, 4.69) is 5.32 Å². The van der Waals surface area contributed by atoms with Crippen LogP contribution in [0, 0.1) is 17.6 Å². The van der Waals surface area contributed by atoms with E-state index < -0.39 is 23.2 Å². The predicted octanol–water partition coefficient (Wildman–Crippen LogP) is 2.47. The van der Waals surface area contributed by atoms with Crippen LogP contribution in [0.5, 0.6) is 0 Å². The Balaban J connectivity index is 2.00. The second-order valence-electron chi connectivity index (χ2n) is 4.71. The van der Waals surface area contributed by atoms with Gasteiger partial charge in [0.05, 0.1) is 0 Å². The van der Waals surface area contributed by atoms with E-state index in [4.69, 9.17) is 5.73 Å². The second kappa shape index (κ2) is 5.33. The van der Waals surface area contributed by atoms with Crippen LogP contribution in [0.3, 0.4) is 0 Å². The predicted molar refractivity (Wildman–Crippen MR) is 65.1 cm³/mol. The number of nitrogens with two attached hydrogens (primary N) is 1. The zero-order chi connectivity index (χ0) is 13.1. The number of amides is 1. The summed E-state index contributed by atoms with van der Waals surface area (Å²) in [5.74, 6) is -1.78. The van der Waals surface area contributed by atoms with Crippen molar-refractivity contribution >= 4 is 11.6 Å². The van der Waals surface area contributed by atoms with Gasteiger partial charge in [-0.05, 0) is 30.9 Å². The number of hydrogen-bond acceptors (Lipinski definition) is 2. The molecule has 0 aromatic heterocycles. The summed E-state index contributed by atoms with van der Waals surface area (Å²) < 4.78 is 26.4. The molecule has 1 aliphatic rings. The van der Waals surface area contributed by atoms with Gasteiger partial charge in [-0.1, -0.05) is 12.8 Å². The van der Waals surface area contributed by atoms with Crippen molar-refractivity contribution in [2.75, 3.05) is 12.3 Å². The number of hydrogen-bond donors (Lipinski definition) is 2. The largest absolute Gasteiger partial charge is 0.394 e. The number of halogens is 2. The van der Waals surface area contributed by atoms with Crippen LogP contribution < -0.4 is 11.1 Å². The first-order chi connectivity index (χ1) is 8.58. The van der Waals surface area contributed by atoms with Gasteiger partial charge in [-0.25, -0.2) is 8.78 Å². The number of carbonyl (C=O) groups excluding carboxylic acids is 1. The van der Waals surface area contributed by atoms with Gasteiger partial charge in [0, 0.05) is 12.1 Å². The van der Waals surface area contributed by atoms with Gasteiger partial charge >= 0.3 is 0 Å². The summed E-state index contributed by atoms with van der Waals surface area (Å²) >= 11 is 0. The summed E-state index contributed by atoms with van der Waals surface area (Å²) in [6.07, 6.45) is 4.58. The summed E-state index contributed by atoms with van der Waals surface area (Å²) in [4.78, 5) is 11.7. The van der Waals surface area contributed by atoms with E-state index in [9.17, 15) is 13.6 Å². The van der Waals surface area contributed by atoms with Gasteiger partial charge < -0.3 is 11.1 Å². The summed E-state index contributed by atoms with van der Waals surface area (Å²) in [6.45, 7) is 0.562. The van der Waals surface area contributed by atoms with Crippen molar-refractivity contribution in [3.8, 4) is 0 Å². The van der Waals surface area contributed by atoms with E-state index in [0.717, 1.165) is 25.0 Å². The fourth-order valence-electron chi connectivity index (χ4n) is 2.27. The lowest BCUT2D eigenvalue weighted by Gasteiger charge is -2.11. The lowest BCUT2D eigenvalue weighted by atomic mass is 10.1. The van der Waals surface area contributed by atoms with Crippen molar-refractivity contribution in [3.05, 3.63) is 29.3 Å². The molecule has 1 aliphatic carbocycles. The second-order valence-corrected chi connectivity index (χ2v) is 4.71. The molecule has 0 atom stereocenters. The minimum absolute atomic E-state index is 0.0304. The van der Waals surface area contributed by atoms with Crippen LogP contribution in [-0.2, 0) is 0 Å². The third-order valence-electron chi connectivity index (χ3n) is 3.37. The molecule has 0 saturated heterocycles. The van der Waals surface area contributed by atoms with Crippen molar-refractivity contribution in [1.82, 2.24) is 5.32 Å². The molecule has 3 nitrogen and oxygen atoms in total. The highest BCUT2D eigenvalue weighted by molar-refractivity contribution is 5.94. The maximum absolute atomic E-state index is 13.2. The third-order valence-corrected chi connectivity index (χ3v) is 3.37. The fourth-order valence-corrected chi connectivity index (χ4v) is 2.27. The molecule has 0 bridgehead atoms. The van der Waals surface area contributed by atoms with Crippen molar-refractivity contribution in [2.24, 2.45) is 5.92 Å². The Hall–Kier alpha value is -1.65. The van der Waals surface area contributed by atoms with Crippen molar-refractivity contribution in [1.29, 1.82) is 0 Å². The van der Waals surface area contributed by atoms with Crippen molar-refractivity contribution in [3.63, 3.8) is 0 Å². The molecule has 2 rings (SSSR count). The maximum atomic E-state index is 13.2. The third kappa shape index (κ3) is 2.78. The Morgan fingerprint density at radius 2 is 1.83 bits per heavy atom. The van der Waals surface area contributed by atoms with Gasteiger partial charge in [-0.2, -0.15) is 0 Å². The molecule has 1 saturated carbocycles. The molecule has 0 spiro atoms. The topological polar surface area (TPSA) is 55.1 Å². The van der Waals surface area contributed by atoms with Gasteiger partial charge in [0.2, 0.25) is 0 Å². The molecule has 18 heavy (non-hydrogen) atoms. The molecule has 3 N–H and O–H groups in total. The highest BCUT2D eigenvalue weighted by atomic mass is 19.1. The number of rotatable bonds is 3. The number of nitrogens with one attached hydrogen (secondary N) is 1. The Morgan fingerprint density at radius 3 is 2.39 bits per heavy atom. The van der Waals surface area contributed by atoms with Crippen LogP contribution in [0.25, 0.3) is 0 Å². The smallest absolute Gasteiger partial charge is 0.251 e. The minimum Gasteiger partial charge on any atom is -0.394 e. The molecular formula is C13H16F2N2O. The van der Waals surface area contributed by atoms with Gasteiger partial charge in [0.15, 0.2) is 0 Å². The SMILES string of the molecule is Nc1c(F)cc(C(=O)NCC2CCCC2)cc1F. The molecule has 0 heterocycles. The molecule has 0 radical (unpaired) electrons. The van der Waals surface area contributed by atoms with E-state index >= 15 is 0 Å². The van der Waals surface area contributed by atoms with Crippen LogP contribution in [0.15, 0.2) is 12.1 Å². The van der Waals surface area contributed by atoms with Crippen LogP contribution in [0.1, 0.15) is 36.0 Å². The van der Waals surface area contributed by atoms with E-state index in [0.29, 0.717) is 12.5 Å². The quantitative estimate of drug-likeness (QED) is 0.814. The van der Waals surface area contributed by atoms with E-state index in [1.807, 2.05) is 0 Å². The van der Waals surface area contributed by atoms with Crippen molar-refractivity contribution in [2.45, 2.75) is 25.7 Å². The Kier molecular flexibility index (Phi) is 3.79. The van der Waals surface area contributed by atoms with E-state index in [1.165, 1.54) is 12.8 Å². The molecule has 1 aromatic rings. The molecule has 98 valence electrons. The van der Waals surface area contributed by atoms with E-state index in [-0.39, 0.29) is 5.56 Å². The highest BCUT2D eigenvalue weighted by Crippen LogP contribution is 2.24.